The van der Waals surface area contributed by atoms with Gasteiger partial charge in [-0.1, -0.05) is 18.2 Å². The lowest BCUT2D eigenvalue weighted by Gasteiger charge is -2.35. The molecule has 2 aromatic carbocycles. The molecule has 5 rings (SSSR count). The molecule has 36 heavy (non-hydrogen) atoms. The van der Waals surface area contributed by atoms with E-state index in [1.807, 2.05) is 36.1 Å². The Balaban J connectivity index is 1.34. The van der Waals surface area contributed by atoms with Gasteiger partial charge in [0.25, 0.3) is 0 Å². The van der Waals surface area contributed by atoms with Crippen LogP contribution in [0.5, 0.6) is 0 Å². The van der Waals surface area contributed by atoms with E-state index >= 15 is 0 Å². The van der Waals surface area contributed by atoms with E-state index in [9.17, 15) is 9.18 Å². The van der Waals surface area contributed by atoms with Gasteiger partial charge in [0, 0.05) is 26.2 Å². The number of carbonyl (C=O) groups is 1. The SMILES string of the molecule is CC1=C(CC(=O)N2CCN(CCCN(C)C)CC2)c2cc(F)ccc2/C1=C\c1nc2ccccc2s1. The van der Waals surface area contributed by atoms with Gasteiger partial charge in [-0.05, 0) is 98.7 Å². The minimum atomic E-state index is -0.279. The summed E-state index contributed by atoms with van der Waals surface area (Å²) < 4.78 is 15.4. The number of para-hydroxylation sites is 1. The highest BCUT2D eigenvalue weighted by molar-refractivity contribution is 7.19. The molecule has 0 saturated carbocycles. The largest absolute Gasteiger partial charge is 0.340 e. The third-order valence-corrected chi connectivity index (χ3v) is 8.15. The number of aromatic nitrogens is 1. The summed E-state index contributed by atoms with van der Waals surface area (Å²) >= 11 is 1.64. The standard InChI is InChI=1S/C29H33FN4OS/c1-20-23(18-28-31-26-7-4-5-8-27(26)36-28)22-10-9-21(30)17-25(22)24(20)19-29(35)34-15-13-33(14-16-34)12-6-11-32(2)3/h4-5,7-10,17-18H,6,11-16,19H2,1-3H3/b23-18-. The summed E-state index contributed by atoms with van der Waals surface area (Å²) in [5.41, 5.74) is 5.76. The van der Waals surface area contributed by atoms with Crippen LogP contribution >= 0.6 is 11.3 Å². The Hall–Kier alpha value is -2.87. The first-order valence-corrected chi connectivity index (χ1v) is 13.4. The van der Waals surface area contributed by atoms with Crippen molar-refractivity contribution in [3.63, 3.8) is 0 Å². The number of nitrogens with zero attached hydrogens (tertiary/aromatic N) is 4. The second-order valence-corrected chi connectivity index (χ2v) is 11.0. The minimum Gasteiger partial charge on any atom is -0.340 e. The van der Waals surface area contributed by atoms with E-state index in [1.54, 1.807) is 17.4 Å². The molecule has 0 spiro atoms. The molecule has 1 amide bonds. The van der Waals surface area contributed by atoms with Crippen molar-refractivity contribution >= 4 is 44.7 Å². The Morgan fingerprint density at radius 1 is 1.11 bits per heavy atom. The first kappa shape index (κ1) is 24.8. The predicted octanol–water partition coefficient (Wildman–Crippen LogP) is 5.25. The minimum absolute atomic E-state index is 0.119. The molecule has 7 heteroatoms. The highest BCUT2D eigenvalue weighted by Gasteiger charge is 2.28. The summed E-state index contributed by atoms with van der Waals surface area (Å²) in [4.78, 5) is 24.7. The van der Waals surface area contributed by atoms with Crippen LogP contribution in [0.25, 0.3) is 27.4 Å². The van der Waals surface area contributed by atoms with Gasteiger partial charge in [-0.3, -0.25) is 9.69 Å². The zero-order valence-electron chi connectivity index (χ0n) is 21.3. The maximum absolute atomic E-state index is 14.3. The molecule has 2 heterocycles. The number of carbonyl (C=O) groups excluding carboxylic acids is 1. The van der Waals surface area contributed by atoms with Crippen molar-refractivity contribution < 1.29 is 9.18 Å². The average Bonchev–Trinajstić information content (AvgIpc) is 3.38. The molecule has 5 nitrogen and oxygen atoms in total. The van der Waals surface area contributed by atoms with E-state index in [1.165, 1.54) is 6.07 Å². The summed E-state index contributed by atoms with van der Waals surface area (Å²) in [6, 6.07) is 13.0. The number of hydrogen-bond donors (Lipinski definition) is 0. The van der Waals surface area contributed by atoms with Crippen LogP contribution in [-0.2, 0) is 4.79 Å². The number of piperazine rings is 1. The fourth-order valence-electron chi connectivity index (χ4n) is 5.15. The molecule has 2 aliphatic rings. The fourth-order valence-corrected chi connectivity index (χ4v) is 6.06. The van der Waals surface area contributed by atoms with Crippen LogP contribution in [0.15, 0.2) is 48.0 Å². The number of rotatable bonds is 7. The summed E-state index contributed by atoms with van der Waals surface area (Å²) in [6.07, 6.45) is 3.51. The monoisotopic (exact) mass is 504 g/mol. The molecule has 1 aromatic heterocycles. The van der Waals surface area contributed by atoms with E-state index in [-0.39, 0.29) is 11.7 Å². The van der Waals surface area contributed by atoms with Crippen LogP contribution in [0.4, 0.5) is 4.39 Å². The lowest BCUT2D eigenvalue weighted by Crippen LogP contribution is -2.49. The van der Waals surface area contributed by atoms with Gasteiger partial charge in [0.05, 0.1) is 16.6 Å². The quantitative estimate of drug-likeness (QED) is 0.441. The van der Waals surface area contributed by atoms with Gasteiger partial charge in [0.2, 0.25) is 5.91 Å². The van der Waals surface area contributed by atoms with E-state index in [0.29, 0.717) is 6.42 Å². The Kier molecular flexibility index (Phi) is 7.32. The summed E-state index contributed by atoms with van der Waals surface area (Å²) in [7, 11) is 4.19. The van der Waals surface area contributed by atoms with Crippen molar-refractivity contribution in [3.8, 4) is 0 Å². The molecular weight excluding hydrogens is 471 g/mol. The Morgan fingerprint density at radius 3 is 2.64 bits per heavy atom. The second-order valence-electron chi connectivity index (χ2n) is 9.93. The molecule has 1 aliphatic carbocycles. The number of hydrogen-bond acceptors (Lipinski definition) is 5. The van der Waals surface area contributed by atoms with Crippen molar-refractivity contribution in [1.82, 2.24) is 19.7 Å². The van der Waals surface area contributed by atoms with Crippen LogP contribution in [0.2, 0.25) is 0 Å². The third-order valence-electron chi connectivity index (χ3n) is 7.16. The first-order valence-electron chi connectivity index (χ1n) is 12.6. The zero-order valence-corrected chi connectivity index (χ0v) is 22.1. The van der Waals surface area contributed by atoms with Crippen LogP contribution in [0.1, 0.15) is 35.9 Å². The smallest absolute Gasteiger partial charge is 0.227 e. The van der Waals surface area contributed by atoms with Crippen molar-refractivity contribution in [2.24, 2.45) is 0 Å². The van der Waals surface area contributed by atoms with Crippen LogP contribution in [0.3, 0.4) is 0 Å². The highest BCUT2D eigenvalue weighted by atomic mass is 32.1. The number of thiazole rings is 1. The Labute approximate surface area is 216 Å². The van der Waals surface area contributed by atoms with Crippen LogP contribution in [-0.4, -0.2) is 79.0 Å². The van der Waals surface area contributed by atoms with Crippen LogP contribution in [0, 0.1) is 5.82 Å². The number of benzene rings is 2. The Bertz CT molecular complexity index is 1300. The van der Waals surface area contributed by atoms with Gasteiger partial charge < -0.3 is 9.80 Å². The molecule has 1 aliphatic heterocycles. The molecule has 0 unspecified atom stereocenters. The van der Waals surface area contributed by atoms with E-state index in [4.69, 9.17) is 4.98 Å². The van der Waals surface area contributed by atoms with Gasteiger partial charge in [0.15, 0.2) is 0 Å². The van der Waals surface area contributed by atoms with Crippen molar-refractivity contribution in [1.29, 1.82) is 0 Å². The van der Waals surface area contributed by atoms with Gasteiger partial charge in [-0.2, -0.15) is 0 Å². The first-order chi connectivity index (χ1) is 17.4. The lowest BCUT2D eigenvalue weighted by atomic mass is 10.0. The molecule has 0 N–H and O–H groups in total. The number of fused-ring (bicyclic) bond motifs is 2. The topological polar surface area (TPSA) is 39.7 Å². The highest BCUT2D eigenvalue weighted by Crippen LogP contribution is 2.44. The maximum Gasteiger partial charge on any atom is 0.227 e. The Morgan fingerprint density at radius 2 is 1.89 bits per heavy atom. The van der Waals surface area contributed by atoms with E-state index in [0.717, 1.165) is 88.8 Å². The molecule has 1 saturated heterocycles. The fraction of sp³-hybridized carbons (Fsp3) is 0.379. The number of halogens is 1. The molecule has 3 aromatic rings. The molecule has 188 valence electrons. The maximum atomic E-state index is 14.3. The normalized spacial score (nSPS) is 17.6. The second kappa shape index (κ2) is 10.6. The van der Waals surface area contributed by atoms with E-state index < -0.39 is 0 Å². The van der Waals surface area contributed by atoms with Crippen molar-refractivity contribution in [2.45, 2.75) is 19.8 Å². The third kappa shape index (κ3) is 5.28. The molecule has 1 fully saturated rings. The summed E-state index contributed by atoms with van der Waals surface area (Å²) in [5.74, 6) is -0.159. The molecular formula is C29H33FN4OS. The van der Waals surface area contributed by atoms with Gasteiger partial charge >= 0.3 is 0 Å². The predicted molar refractivity (Wildman–Crippen MR) is 147 cm³/mol. The summed E-state index contributed by atoms with van der Waals surface area (Å²) in [6.45, 7) is 7.50. The summed E-state index contributed by atoms with van der Waals surface area (Å²) in [5, 5.41) is 0.916. The average molecular weight is 505 g/mol. The van der Waals surface area contributed by atoms with E-state index in [2.05, 4.69) is 36.0 Å². The van der Waals surface area contributed by atoms with Crippen molar-refractivity contribution in [3.05, 3.63) is 70.0 Å². The van der Waals surface area contributed by atoms with Gasteiger partial charge in [-0.15, -0.1) is 11.3 Å². The lowest BCUT2D eigenvalue weighted by molar-refractivity contribution is -0.131. The zero-order chi connectivity index (χ0) is 25.2. The van der Waals surface area contributed by atoms with Crippen molar-refractivity contribution in [2.75, 3.05) is 53.4 Å². The number of allylic oxidation sites excluding steroid dienone is 2. The molecule has 0 bridgehead atoms. The van der Waals surface area contributed by atoms with Gasteiger partial charge in [-0.25, -0.2) is 9.37 Å². The van der Waals surface area contributed by atoms with Gasteiger partial charge in [0.1, 0.15) is 10.8 Å². The number of amides is 1. The van der Waals surface area contributed by atoms with Crippen LogP contribution < -0.4 is 0 Å². The molecule has 0 radical (unpaired) electrons. The molecule has 0 atom stereocenters.